The lowest BCUT2D eigenvalue weighted by Gasteiger charge is -2.34. The van der Waals surface area contributed by atoms with Crippen molar-refractivity contribution < 1.29 is 24.2 Å². The summed E-state index contributed by atoms with van der Waals surface area (Å²) < 4.78 is 10.5. The number of carbonyl (C=O) groups excluding carboxylic acids is 1. The van der Waals surface area contributed by atoms with Crippen molar-refractivity contribution in [1.82, 2.24) is 4.90 Å². The average Bonchev–Trinajstić information content (AvgIpc) is 2.39. The quantitative estimate of drug-likeness (QED) is 0.722. The van der Waals surface area contributed by atoms with Crippen LogP contribution in [0, 0.1) is 5.92 Å². The van der Waals surface area contributed by atoms with Gasteiger partial charge in [0.1, 0.15) is 0 Å². The van der Waals surface area contributed by atoms with E-state index in [2.05, 4.69) is 0 Å². The van der Waals surface area contributed by atoms with E-state index in [0.29, 0.717) is 26.2 Å². The minimum atomic E-state index is -0.830. The topological polar surface area (TPSA) is 76.1 Å². The van der Waals surface area contributed by atoms with Crippen molar-refractivity contribution in [1.29, 1.82) is 0 Å². The summed E-state index contributed by atoms with van der Waals surface area (Å²) >= 11 is 0. The third-order valence-corrected chi connectivity index (χ3v) is 3.17. The Balaban J connectivity index is 1.91. The Hall–Kier alpha value is -1.14. The lowest BCUT2D eigenvalue weighted by molar-refractivity contribution is -0.161. The summed E-state index contributed by atoms with van der Waals surface area (Å²) in [7, 11) is 0. The molecule has 6 nitrogen and oxygen atoms in total. The van der Waals surface area contributed by atoms with Gasteiger partial charge in [0.05, 0.1) is 25.7 Å². The van der Waals surface area contributed by atoms with Gasteiger partial charge in [0, 0.05) is 13.1 Å². The molecular weight excluding hydrogens is 226 g/mol. The van der Waals surface area contributed by atoms with Crippen LogP contribution in [0.5, 0.6) is 0 Å². The highest BCUT2D eigenvalue weighted by Gasteiger charge is 2.33. The summed E-state index contributed by atoms with van der Waals surface area (Å²) in [5.74, 6) is -1.42. The number of carbonyl (C=O) groups is 2. The number of hydrogen-bond acceptors (Lipinski definition) is 4. The second-order valence-corrected chi connectivity index (χ2v) is 4.40. The summed E-state index contributed by atoms with van der Waals surface area (Å²) in [6.45, 7) is 2.11. The largest absolute Gasteiger partial charge is 0.481 e. The first-order valence-corrected chi connectivity index (χ1v) is 5.89. The molecule has 0 unspecified atom stereocenters. The number of hydrogen-bond donors (Lipinski definition) is 1. The second-order valence-electron chi connectivity index (χ2n) is 4.40. The monoisotopic (exact) mass is 243 g/mol. The molecule has 0 aromatic heterocycles. The van der Waals surface area contributed by atoms with Crippen molar-refractivity contribution >= 4 is 11.9 Å². The van der Waals surface area contributed by atoms with Gasteiger partial charge in [0.25, 0.3) is 5.91 Å². The molecule has 0 saturated carbocycles. The van der Waals surface area contributed by atoms with Crippen LogP contribution in [0.2, 0.25) is 0 Å². The number of amides is 1. The first-order valence-electron chi connectivity index (χ1n) is 5.89. The Bertz CT molecular complexity index is 300. The highest BCUT2D eigenvalue weighted by molar-refractivity contribution is 5.82. The number of nitrogens with zero attached hydrogens (tertiary/aromatic N) is 1. The number of aliphatic carboxylic acids is 1. The molecule has 6 heteroatoms. The van der Waals surface area contributed by atoms with Crippen LogP contribution in [-0.2, 0) is 19.1 Å². The zero-order chi connectivity index (χ0) is 12.3. The molecule has 2 fully saturated rings. The Morgan fingerprint density at radius 3 is 2.76 bits per heavy atom. The number of carboxylic acids is 1. The zero-order valence-corrected chi connectivity index (χ0v) is 9.63. The summed E-state index contributed by atoms with van der Waals surface area (Å²) in [5.41, 5.74) is 0. The van der Waals surface area contributed by atoms with Crippen LogP contribution in [0.15, 0.2) is 0 Å². The predicted octanol–water partition coefficient (Wildman–Crippen LogP) is -0.275. The van der Waals surface area contributed by atoms with Gasteiger partial charge in [-0.2, -0.15) is 0 Å². The molecule has 0 aliphatic carbocycles. The molecule has 0 aromatic carbocycles. The minimum Gasteiger partial charge on any atom is -0.481 e. The van der Waals surface area contributed by atoms with Crippen molar-refractivity contribution in [2.24, 2.45) is 5.92 Å². The highest BCUT2D eigenvalue weighted by atomic mass is 16.6. The first-order chi connectivity index (χ1) is 8.18. The second kappa shape index (κ2) is 5.46. The molecule has 2 saturated heterocycles. The fraction of sp³-hybridized carbons (Fsp3) is 0.818. The van der Waals surface area contributed by atoms with Gasteiger partial charge in [-0.25, -0.2) is 0 Å². The summed E-state index contributed by atoms with van der Waals surface area (Å²) in [5, 5.41) is 8.95. The SMILES string of the molecule is O=C(O)[C@@H]1CCCN(C(=O)[C@@H]2COCCO2)C1. The fourth-order valence-corrected chi connectivity index (χ4v) is 2.21. The zero-order valence-electron chi connectivity index (χ0n) is 9.63. The van der Waals surface area contributed by atoms with Crippen molar-refractivity contribution in [3.8, 4) is 0 Å². The summed E-state index contributed by atoms with van der Waals surface area (Å²) in [6.07, 6.45) is 0.813. The maximum atomic E-state index is 12.0. The lowest BCUT2D eigenvalue weighted by atomic mass is 9.98. The van der Waals surface area contributed by atoms with Crippen molar-refractivity contribution in [2.45, 2.75) is 18.9 Å². The first kappa shape index (κ1) is 12.3. The Morgan fingerprint density at radius 2 is 2.12 bits per heavy atom. The van der Waals surface area contributed by atoms with Gasteiger partial charge >= 0.3 is 5.97 Å². The van der Waals surface area contributed by atoms with E-state index in [1.807, 2.05) is 0 Å². The van der Waals surface area contributed by atoms with E-state index < -0.39 is 18.0 Å². The molecule has 0 aromatic rings. The van der Waals surface area contributed by atoms with Crippen molar-refractivity contribution in [3.63, 3.8) is 0 Å². The third-order valence-electron chi connectivity index (χ3n) is 3.17. The predicted molar refractivity (Wildman–Crippen MR) is 57.5 cm³/mol. The number of ether oxygens (including phenoxy) is 2. The molecule has 0 bridgehead atoms. The minimum absolute atomic E-state index is 0.143. The Morgan fingerprint density at radius 1 is 1.29 bits per heavy atom. The number of likely N-dealkylation sites (tertiary alicyclic amines) is 1. The lowest BCUT2D eigenvalue weighted by Crippen LogP contribution is -2.49. The van der Waals surface area contributed by atoms with E-state index in [-0.39, 0.29) is 19.1 Å². The normalized spacial score (nSPS) is 30.0. The molecule has 2 aliphatic heterocycles. The van der Waals surface area contributed by atoms with Crippen LogP contribution in [-0.4, -0.2) is 60.9 Å². The molecule has 2 aliphatic rings. The van der Waals surface area contributed by atoms with Gasteiger partial charge in [-0.3, -0.25) is 9.59 Å². The molecule has 17 heavy (non-hydrogen) atoms. The summed E-state index contributed by atoms with van der Waals surface area (Å²) in [6, 6.07) is 0. The van der Waals surface area contributed by atoms with Crippen LogP contribution in [0.25, 0.3) is 0 Å². The number of piperidine rings is 1. The van der Waals surface area contributed by atoms with E-state index in [9.17, 15) is 9.59 Å². The standard InChI is InChI=1S/C11H17NO5/c13-10(9-7-16-4-5-17-9)12-3-1-2-8(6-12)11(14)15/h8-9H,1-7H2,(H,14,15)/t8-,9+/m1/s1. The molecule has 2 atom stereocenters. The van der Waals surface area contributed by atoms with E-state index >= 15 is 0 Å². The summed E-state index contributed by atoms with van der Waals surface area (Å²) in [4.78, 5) is 24.5. The average molecular weight is 243 g/mol. The highest BCUT2D eigenvalue weighted by Crippen LogP contribution is 2.18. The molecular formula is C11H17NO5. The van der Waals surface area contributed by atoms with Gasteiger partial charge in [0.15, 0.2) is 6.10 Å². The molecule has 1 N–H and O–H groups in total. The maximum Gasteiger partial charge on any atom is 0.308 e. The molecule has 2 heterocycles. The fourth-order valence-electron chi connectivity index (χ4n) is 2.21. The van der Waals surface area contributed by atoms with Crippen LogP contribution < -0.4 is 0 Å². The maximum absolute atomic E-state index is 12.0. The molecule has 0 radical (unpaired) electrons. The van der Waals surface area contributed by atoms with E-state index in [4.69, 9.17) is 14.6 Å². The van der Waals surface area contributed by atoms with Gasteiger partial charge in [0.2, 0.25) is 0 Å². The third kappa shape index (κ3) is 2.95. The molecule has 96 valence electrons. The van der Waals surface area contributed by atoms with E-state index in [0.717, 1.165) is 6.42 Å². The van der Waals surface area contributed by atoms with Crippen molar-refractivity contribution in [2.75, 3.05) is 32.9 Å². The van der Waals surface area contributed by atoms with Crippen LogP contribution in [0.1, 0.15) is 12.8 Å². The van der Waals surface area contributed by atoms with Gasteiger partial charge in [-0.15, -0.1) is 0 Å². The van der Waals surface area contributed by atoms with E-state index in [1.165, 1.54) is 0 Å². The van der Waals surface area contributed by atoms with Crippen molar-refractivity contribution in [3.05, 3.63) is 0 Å². The van der Waals surface area contributed by atoms with Gasteiger partial charge in [-0.1, -0.05) is 0 Å². The molecule has 1 amide bonds. The number of carboxylic acid groups (broad SMARTS) is 1. The number of rotatable bonds is 2. The molecule has 0 spiro atoms. The van der Waals surface area contributed by atoms with Gasteiger partial charge in [-0.05, 0) is 12.8 Å². The molecule has 2 rings (SSSR count). The van der Waals surface area contributed by atoms with Gasteiger partial charge < -0.3 is 19.5 Å². The Kier molecular flexibility index (Phi) is 3.96. The Labute approximate surface area is 99.5 Å². The van der Waals surface area contributed by atoms with E-state index in [1.54, 1.807) is 4.90 Å². The van der Waals surface area contributed by atoms with Crippen LogP contribution >= 0.6 is 0 Å². The smallest absolute Gasteiger partial charge is 0.308 e. The van der Waals surface area contributed by atoms with Crippen LogP contribution in [0.4, 0.5) is 0 Å². The van der Waals surface area contributed by atoms with Crippen LogP contribution in [0.3, 0.4) is 0 Å².